The molecular formula is C14H20N2O4. The number of aliphatic carboxylic acids is 1. The molecule has 0 aromatic heterocycles. The van der Waals surface area contributed by atoms with E-state index in [1.807, 2.05) is 13.8 Å². The summed E-state index contributed by atoms with van der Waals surface area (Å²) >= 11 is 0. The molecular weight excluding hydrogens is 260 g/mol. The predicted molar refractivity (Wildman–Crippen MR) is 75.6 cm³/mol. The van der Waals surface area contributed by atoms with E-state index in [4.69, 9.17) is 15.6 Å². The zero-order chi connectivity index (χ0) is 15.1. The first-order chi connectivity index (χ1) is 9.38. The average Bonchev–Trinajstić information content (AvgIpc) is 2.37. The minimum Gasteiger partial charge on any atom is -0.482 e. The zero-order valence-electron chi connectivity index (χ0n) is 11.6. The van der Waals surface area contributed by atoms with Gasteiger partial charge in [-0.05, 0) is 36.6 Å². The lowest BCUT2D eigenvalue weighted by molar-refractivity contribution is -0.139. The van der Waals surface area contributed by atoms with Gasteiger partial charge in [0.15, 0.2) is 6.61 Å². The second-order valence-corrected chi connectivity index (χ2v) is 4.93. The number of carboxylic acid groups (broad SMARTS) is 1. The number of carbonyl (C=O) groups is 2. The van der Waals surface area contributed by atoms with Crippen molar-refractivity contribution < 1.29 is 19.4 Å². The molecule has 1 aromatic carbocycles. The Balaban J connectivity index is 2.52. The van der Waals surface area contributed by atoms with Crippen LogP contribution in [-0.2, 0) is 9.59 Å². The summed E-state index contributed by atoms with van der Waals surface area (Å²) in [6, 6.07) is 5.91. The van der Waals surface area contributed by atoms with Gasteiger partial charge < -0.3 is 20.9 Å². The number of amides is 1. The average molecular weight is 280 g/mol. The van der Waals surface area contributed by atoms with Gasteiger partial charge in [-0.15, -0.1) is 0 Å². The van der Waals surface area contributed by atoms with Crippen molar-refractivity contribution in [2.24, 2.45) is 11.7 Å². The fourth-order valence-corrected chi connectivity index (χ4v) is 1.63. The number of nitrogens with one attached hydrogen (secondary N) is 1. The lowest BCUT2D eigenvalue weighted by atomic mass is 10.0. The number of nitrogens with two attached hydrogens (primary N) is 1. The highest BCUT2D eigenvalue weighted by molar-refractivity contribution is 5.94. The van der Waals surface area contributed by atoms with Crippen LogP contribution in [0.1, 0.15) is 20.3 Å². The molecule has 0 unspecified atom stereocenters. The third-order valence-corrected chi connectivity index (χ3v) is 2.55. The third kappa shape index (κ3) is 5.71. The number of carbonyl (C=O) groups excluding carboxylic acids is 1. The molecule has 1 amide bonds. The SMILES string of the molecule is CC(C)C[C@H](N)C(=O)Nc1ccc(OCC(=O)O)cc1. The topological polar surface area (TPSA) is 102 Å². The minimum atomic E-state index is -1.04. The number of anilines is 1. The first-order valence-corrected chi connectivity index (χ1v) is 6.39. The molecule has 0 saturated heterocycles. The van der Waals surface area contributed by atoms with E-state index in [0.29, 0.717) is 23.8 Å². The maximum Gasteiger partial charge on any atom is 0.341 e. The van der Waals surface area contributed by atoms with Gasteiger partial charge in [0.1, 0.15) is 5.75 Å². The van der Waals surface area contributed by atoms with E-state index in [2.05, 4.69) is 5.32 Å². The number of benzene rings is 1. The molecule has 0 aliphatic carbocycles. The van der Waals surface area contributed by atoms with Gasteiger partial charge in [-0.1, -0.05) is 13.8 Å². The molecule has 0 heterocycles. The van der Waals surface area contributed by atoms with Crippen molar-refractivity contribution in [3.8, 4) is 5.75 Å². The van der Waals surface area contributed by atoms with Crippen LogP contribution in [0.2, 0.25) is 0 Å². The monoisotopic (exact) mass is 280 g/mol. The molecule has 1 rings (SSSR count). The van der Waals surface area contributed by atoms with Gasteiger partial charge in [0, 0.05) is 5.69 Å². The molecule has 0 aliphatic rings. The zero-order valence-corrected chi connectivity index (χ0v) is 11.6. The Labute approximate surface area is 117 Å². The number of hydrogen-bond donors (Lipinski definition) is 3. The van der Waals surface area contributed by atoms with Crippen LogP contribution >= 0.6 is 0 Å². The number of carboxylic acids is 1. The standard InChI is InChI=1S/C14H20N2O4/c1-9(2)7-12(15)14(19)16-10-3-5-11(6-4-10)20-8-13(17)18/h3-6,9,12H,7-8,15H2,1-2H3,(H,16,19)(H,17,18)/t12-/m0/s1. The third-order valence-electron chi connectivity index (χ3n) is 2.55. The molecule has 0 aliphatic heterocycles. The minimum absolute atomic E-state index is 0.238. The maximum atomic E-state index is 11.8. The first kappa shape index (κ1) is 16.0. The van der Waals surface area contributed by atoms with Crippen molar-refractivity contribution >= 4 is 17.6 Å². The highest BCUT2D eigenvalue weighted by Gasteiger charge is 2.14. The quantitative estimate of drug-likeness (QED) is 0.702. The second-order valence-electron chi connectivity index (χ2n) is 4.93. The first-order valence-electron chi connectivity index (χ1n) is 6.39. The maximum absolute atomic E-state index is 11.8. The highest BCUT2D eigenvalue weighted by atomic mass is 16.5. The van der Waals surface area contributed by atoms with Gasteiger partial charge >= 0.3 is 5.97 Å². The molecule has 6 nitrogen and oxygen atoms in total. The number of ether oxygens (including phenoxy) is 1. The lowest BCUT2D eigenvalue weighted by Crippen LogP contribution is -2.36. The number of hydrogen-bond acceptors (Lipinski definition) is 4. The van der Waals surface area contributed by atoms with E-state index < -0.39 is 18.6 Å². The van der Waals surface area contributed by atoms with E-state index >= 15 is 0 Å². The van der Waals surface area contributed by atoms with Gasteiger partial charge in [-0.3, -0.25) is 4.79 Å². The summed E-state index contributed by atoms with van der Waals surface area (Å²) in [4.78, 5) is 22.2. The molecule has 0 radical (unpaired) electrons. The van der Waals surface area contributed by atoms with E-state index in [1.165, 1.54) is 0 Å². The van der Waals surface area contributed by atoms with Crippen molar-refractivity contribution in [1.82, 2.24) is 0 Å². The van der Waals surface area contributed by atoms with Gasteiger partial charge in [0.25, 0.3) is 0 Å². The van der Waals surface area contributed by atoms with Gasteiger partial charge in [0.2, 0.25) is 5.91 Å². The Morgan fingerprint density at radius 1 is 1.30 bits per heavy atom. The Bertz CT molecular complexity index is 457. The Kier molecular flexibility index (Phi) is 5.99. The molecule has 6 heteroatoms. The summed E-state index contributed by atoms with van der Waals surface area (Å²) in [6.07, 6.45) is 0.617. The number of rotatable bonds is 7. The molecule has 0 spiro atoms. The summed E-state index contributed by atoms with van der Waals surface area (Å²) < 4.78 is 4.99. The van der Waals surface area contributed by atoms with Gasteiger partial charge in [0.05, 0.1) is 6.04 Å². The van der Waals surface area contributed by atoms with Crippen molar-refractivity contribution in [3.63, 3.8) is 0 Å². The molecule has 0 saturated carbocycles. The summed E-state index contributed by atoms with van der Waals surface area (Å²) in [6.45, 7) is 3.61. The van der Waals surface area contributed by atoms with Gasteiger partial charge in [-0.25, -0.2) is 4.79 Å². The van der Waals surface area contributed by atoms with Crippen LogP contribution in [-0.4, -0.2) is 29.6 Å². The summed E-state index contributed by atoms with van der Waals surface area (Å²) in [7, 11) is 0. The van der Waals surface area contributed by atoms with Crippen LogP contribution in [0.4, 0.5) is 5.69 Å². The van der Waals surface area contributed by atoms with Crippen molar-refractivity contribution in [2.45, 2.75) is 26.3 Å². The molecule has 20 heavy (non-hydrogen) atoms. The highest BCUT2D eigenvalue weighted by Crippen LogP contribution is 2.16. The molecule has 0 fully saturated rings. The molecule has 1 aromatic rings. The molecule has 4 N–H and O–H groups in total. The van der Waals surface area contributed by atoms with Crippen LogP contribution in [0.3, 0.4) is 0 Å². The summed E-state index contributed by atoms with van der Waals surface area (Å²) in [5.74, 6) is -0.501. The van der Waals surface area contributed by atoms with Crippen LogP contribution in [0, 0.1) is 5.92 Å². The van der Waals surface area contributed by atoms with E-state index in [-0.39, 0.29) is 5.91 Å². The van der Waals surface area contributed by atoms with E-state index in [0.717, 1.165) is 0 Å². The molecule has 110 valence electrons. The molecule has 0 bridgehead atoms. The fourth-order valence-electron chi connectivity index (χ4n) is 1.63. The lowest BCUT2D eigenvalue weighted by Gasteiger charge is -2.14. The molecule has 1 atom stereocenters. The van der Waals surface area contributed by atoms with E-state index in [1.54, 1.807) is 24.3 Å². The summed E-state index contributed by atoms with van der Waals surface area (Å²) in [5, 5.41) is 11.2. The largest absolute Gasteiger partial charge is 0.482 e. The van der Waals surface area contributed by atoms with E-state index in [9.17, 15) is 9.59 Å². The normalized spacial score (nSPS) is 12.0. The Morgan fingerprint density at radius 2 is 1.90 bits per heavy atom. The Hall–Kier alpha value is -2.08. The summed E-state index contributed by atoms with van der Waals surface area (Å²) in [5.41, 5.74) is 6.37. The Morgan fingerprint density at radius 3 is 2.40 bits per heavy atom. The van der Waals surface area contributed by atoms with Crippen molar-refractivity contribution in [3.05, 3.63) is 24.3 Å². The smallest absolute Gasteiger partial charge is 0.341 e. The van der Waals surface area contributed by atoms with Crippen LogP contribution in [0.25, 0.3) is 0 Å². The van der Waals surface area contributed by atoms with Crippen molar-refractivity contribution in [1.29, 1.82) is 0 Å². The van der Waals surface area contributed by atoms with Crippen LogP contribution in [0.15, 0.2) is 24.3 Å². The van der Waals surface area contributed by atoms with Gasteiger partial charge in [-0.2, -0.15) is 0 Å². The van der Waals surface area contributed by atoms with Crippen molar-refractivity contribution in [2.75, 3.05) is 11.9 Å². The van der Waals surface area contributed by atoms with Crippen LogP contribution in [0.5, 0.6) is 5.75 Å². The van der Waals surface area contributed by atoms with Crippen LogP contribution < -0.4 is 15.8 Å². The second kappa shape index (κ2) is 7.49. The fraction of sp³-hybridized carbons (Fsp3) is 0.429. The predicted octanol–water partition coefficient (Wildman–Crippen LogP) is 1.46.